The first-order chi connectivity index (χ1) is 11.7. The van der Waals surface area contributed by atoms with Crippen molar-refractivity contribution < 1.29 is 4.79 Å². The van der Waals surface area contributed by atoms with Crippen molar-refractivity contribution in [3.63, 3.8) is 0 Å². The van der Waals surface area contributed by atoms with Crippen molar-refractivity contribution in [3.8, 4) is 0 Å². The van der Waals surface area contributed by atoms with Crippen LogP contribution in [0.25, 0.3) is 0 Å². The summed E-state index contributed by atoms with van der Waals surface area (Å²) >= 11 is 0. The first-order valence-corrected chi connectivity index (χ1v) is 8.24. The molecule has 2 aromatic rings. The van der Waals surface area contributed by atoms with Crippen molar-refractivity contribution in [2.24, 2.45) is 4.99 Å². The van der Waals surface area contributed by atoms with Gasteiger partial charge in [0.25, 0.3) is 0 Å². The van der Waals surface area contributed by atoms with Crippen LogP contribution in [0.3, 0.4) is 0 Å². The van der Waals surface area contributed by atoms with E-state index in [0.29, 0.717) is 11.9 Å². The van der Waals surface area contributed by atoms with Gasteiger partial charge in [0, 0.05) is 11.4 Å². The number of anilines is 1. The van der Waals surface area contributed by atoms with Crippen molar-refractivity contribution >= 4 is 17.8 Å². The normalized spacial score (nSPS) is 12.0. The third kappa shape index (κ3) is 6.71. The Morgan fingerprint density at radius 2 is 1.68 bits per heavy atom. The van der Waals surface area contributed by atoms with Gasteiger partial charge < -0.3 is 0 Å². The smallest absolute Gasteiger partial charge is 0.231 e. The van der Waals surface area contributed by atoms with E-state index in [1.165, 1.54) is 0 Å². The van der Waals surface area contributed by atoms with Crippen LogP contribution in [0.4, 0.5) is 5.95 Å². The molecule has 1 amide bonds. The number of hydrogen-bond acceptors (Lipinski definition) is 4. The summed E-state index contributed by atoms with van der Waals surface area (Å²) in [6.45, 7) is 9.67. The minimum absolute atomic E-state index is 0.147. The van der Waals surface area contributed by atoms with Crippen molar-refractivity contribution in [1.29, 1.82) is 0 Å². The molecule has 6 heteroatoms. The number of aryl methyl sites for hydroxylation is 2. The zero-order chi connectivity index (χ0) is 18.4. The van der Waals surface area contributed by atoms with E-state index in [2.05, 4.69) is 25.6 Å². The second kappa shape index (κ2) is 7.88. The van der Waals surface area contributed by atoms with Crippen LogP contribution in [0.15, 0.2) is 41.4 Å². The second-order valence-corrected chi connectivity index (χ2v) is 6.94. The van der Waals surface area contributed by atoms with Gasteiger partial charge >= 0.3 is 0 Å². The number of rotatable bonds is 3. The summed E-state index contributed by atoms with van der Waals surface area (Å²) in [5.74, 6) is 0.616. The summed E-state index contributed by atoms with van der Waals surface area (Å²) in [7, 11) is 0. The summed E-state index contributed by atoms with van der Waals surface area (Å²) in [5, 5.41) is 5.86. The van der Waals surface area contributed by atoms with E-state index in [4.69, 9.17) is 0 Å². The number of amides is 1. The van der Waals surface area contributed by atoms with Gasteiger partial charge in [-0.05, 0) is 46.2 Å². The average Bonchev–Trinajstić information content (AvgIpc) is 2.45. The molecule has 1 aromatic heterocycles. The van der Waals surface area contributed by atoms with E-state index in [1.54, 1.807) is 0 Å². The van der Waals surface area contributed by atoms with Gasteiger partial charge in [0.05, 0.1) is 12.0 Å². The summed E-state index contributed by atoms with van der Waals surface area (Å²) in [5.41, 5.74) is 2.28. The Balaban J connectivity index is 2.16. The van der Waals surface area contributed by atoms with E-state index in [-0.39, 0.29) is 17.9 Å². The van der Waals surface area contributed by atoms with Crippen molar-refractivity contribution in [2.75, 3.05) is 5.32 Å². The molecular formula is C19H25N5O. The van der Waals surface area contributed by atoms with Crippen LogP contribution >= 0.6 is 0 Å². The number of nitrogens with zero attached hydrogens (tertiary/aromatic N) is 3. The Bertz CT molecular complexity index is 743. The minimum Gasteiger partial charge on any atom is -0.296 e. The molecule has 0 saturated carbocycles. The molecule has 0 bridgehead atoms. The first-order valence-electron chi connectivity index (χ1n) is 8.24. The van der Waals surface area contributed by atoms with Crippen molar-refractivity contribution in [3.05, 3.63) is 53.3 Å². The monoisotopic (exact) mass is 339 g/mol. The van der Waals surface area contributed by atoms with Crippen LogP contribution in [0.2, 0.25) is 0 Å². The van der Waals surface area contributed by atoms with E-state index in [1.807, 2.05) is 71.0 Å². The zero-order valence-corrected chi connectivity index (χ0v) is 15.4. The van der Waals surface area contributed by atoms with E-state index >= 15 is 0 Å². The lowest BCUT2D eigenvalue weighted by Gasteiger charge is -2.17. The molecule has 2 rings (SSSR count). The topological polar surface area (TPSA) is 79.3 Å². The number of carbonyl (C=O) groups excluding carboxylic acids is 1. The quantitative estimate of drug-likeness (QED) is 0.665. The highest BCUT2D eigenvalue weighted by atomic mass is 16.1. The zero-order valence-electron chi connectivity index (χ0n) is 15.4. The second-order valence-electron chi connectivity index (χ2n) is 6.94. The maximum atomic E-state index is 12.4. The highest BCUT2D eigenvalue weighted by Gasteiger charge is 2.14. The van der Waals surface area contributed by atoms with Crippen LogP contribution in [0, 0.1) is 13.8 Å². The third-order valence-corrected chi connectivity index (χ3v) is 3.13. The molecule has 6 nitrogen and oxygen atoms in total. The molecule has 132 valence electrons. The molecule has 0 spiro atoms. The predicted molar refractivity (Wildman–Crippen MR) is 101 cm³/mol. The Morgan fingerprint density at radius 3 is 2.24 bits per heavy atom. The first kappa shape index (κ1) is 18.6. The number of hydrogen-bond donors (Lipinski definition) is 2. The molecule has 0 atom stereocenters. The Hall–Kier alpha value is -2.76. The molecule has 0 aliphatic heterocycles. The van der Waals surface area contributed by atoms with Crippen LogP contribution in [-0.2, 0) is 11.2 Å². The average molecular weight is 339 g/mol. The predicted octanol–water partition coefficient (Wildman–Crippen LogP) is 3.02. The number of nitrogens with one attached hydrogen (secondary N) is 2. The summed E-state index contributed by atoms with van der Waals surface area (Å²) in [4.78, 5) is 25.6. The Labute approximate surface area is 148 Å². The molecule has 1 aromatic carbocycles. The fourth-order valence-electron chi connectivity index (χ4n) is 2.27. The van der Waals surface area contributed by atoms with Gasteiger partial charge in [-0.3, -0.25) is 15.4 Å². The number of aromatic nitrogens is 2. The lowest BCUT2D eigenvalue weighted by Crippen LogP contribution is -2.39. The molecular weight excluding hydrogens is 314 g/mol. The van der Waals surface area contributed by atoms with Gasteiger partial charge in [0.1, 0.15) is 0 Å². The maximum absolute atomic E-state index is 12.4. The molecule has 0 unspecified atom stereocenters. The molecule has 2 N–H and O–H groups in total. The minimum atomic E-state index is -0.360. The number of guanidine groups is 1. The van der Waals surface area contributed by atoms with E-state index in [0.717, 1.165) is 17.0 Å². The fourth-order valence-corrected chi connectivity index (χ4v) is 2.27. The van der Waals surface area contributed by atoms with Crippen LogP contribution in [-0.4, -0.2) is 27.4 Å². The highest BCUT2D eigenvalue weighted by molar-refractivity contribution is 6.04. The number of benzene rings is 1. The van der Waals surface area contributed by atoms with Crippen molar-refractivity contribution in [2.45, 2.75) is 46.6 Å². The third-order valence-electron chi connectivity index (χ3n) is 3.13. The molecule has 0 saturated heterocycles. The van der Waals surface area contributed by atoms with Crippen molar-refractivity contribution in [1.82, 2.24) is 15.3 Å². The molecule has 25 heavy (non-hydrogen) atoms. The Morgan fingerprint density at radius 1 is 1.08 bits per heavy atom. The van der Waals surface area contributed by atoms with E-state index in [9.17, 15) is 4.79 Å². The molecule has 0 aliphatic rings. The van der Waals surface area contributed by atoms with Gasteiger partial charge in [-0.2, -0.15) is 0 Å². The van der Waals surface area contributed by atoms with E-state index < -0.39 is 0 Å². The van der Waals surface area contributed by atoms with Gasteiger partial charge in [-0.15, -0.1) is 0 Å². The lowest BCUT2D eigenvalue weighted by molar-refractivity contribution is -0.119. The standard InChI is InChI=1S/C19H25N5O/c1-13-11-14(2)21-17(20-13)23-18(24-19(3,4)5)22-16(25)12-15-9-7-6-8-10-15/h6-11H,12H2,1-5H3,(H2,20,21,22,23,24,25). The maximum Gasteiger partial charge on any atom is 0.231 e. The van der Waals surface area contributed by atoms with Crippen LogP contribution in [0.5, 0.6) is 0 Å². The fraction of sp³-hybridized carbons (Fsp3) is 0.368. The van der Waals surface area contributed by atoms with Crippen LogP contribution in [0.1, 0.15) is 37.7 Å². The largest absolute Gasteiger partial charge is 0.296 e. The van der Waals surface area contributed by atoms with Gasteiger partial charge in [-0.1, -0.05) is 30.3 Å². The molecule has 0 radical (unpaired) electrons. The summed E-state index contributed by atoms with van der Waals surface area (Å²) in [6.07, 6.45) is 0.277. The summed E-state index contributed by atoms with van der Waals surface area (Å²) in [6, 6.07) is 11.5. The van der Waals surface area contributed by atoms with Gasteiger partial charge in [0.2, 0.25) is 17.8 Å². The lowest BCUT2D eigenvalue weighted by atomic mass is 10.1. The molecule has 1 heterocycles. The van der Waals surface area contributed by atoms with Gasteiger partial charge in [0.15, 0.2) is 0 Å². The number of carbonyl (C=O) groups is 1. The molecule has 0 fully saturated rings. The van der Waals surface area contributed by atoms with Gasteiger partial charge in [-0.25, -0.2) is 15.0 Å². The number of aliphatic imine (C=N–C) groups is 1. The SMILES string of the molecule is Cc1cc(C)nc(NC(=NC(C)(C)C)NC(=O)Cc2ccccc2)n1. The summed E-state index contributed by atoms with van der Waals surface area (Å²) < 4.78 is 0. The highest BCUT2D eigenvalue weighted by Crippen LogP contribution is 2.09. The van der Waals surface area contributed by atoms with Crippen LogP contribution < -0.4 is 10.6 Å². The Kier molecular flexibility index (Phi) is 5.85. The molecule has 0 aliphatic carbocycles.